The van der Waals surface area contributed by atoms with E-state index in [9.17, 15) is 0 Å². The standard InChI is InChI=1S/C18H21ClN2/c19-17-13-16(14-9-7-4-8-10-14)20-18(21-17)15-11-5-2-1-3-6-12-15/h4,7-10,13,15H,1-3,5-6,11-12H2. The third-order valence-corrected chi connectivity index (χ3v) is 4.45. The van der Waals surface area contributed by atoms with Crippen LogP contribution < -0.4 is 0 Å². The highest BCUT2D eigenvalue weighted by molar-refractivity contribution is 6.29. The molecule has 0 bridgehead atoms. The van der Waals surface area contributed by atoms with Crippen LogP contribution in [0.5, 0.6) is 0 Å². The van der Waals surface area contributed by atoms with Gasteiger partial charge in [0, 0.05) is 17.5 Å². The monoisotopic (exact) mass is 300 g/mol. The van der Waals surface area contributed by atoms with E-state index in [0.717, 1.165) is 17.1 Å². The van der Waals surface area contributed by atoms with Gasteiger partial charge in [-0.15, -0.1) is 0 Å². The van der Waals surface area contributed by atoms with Gasteiger partial charge in [-0.3, -0.25) is 0 Å². The normalized spacial score (nSPS) is 17.2. The maximum Gasteiger partial charge on any atom is 0.133 e. The molecule has 0 aliphatic heterocycles. The number of rotatable bonds is 2. The third kappa shape index (κ3) is 3.82. The van der Waals surface area contributed by atoms with Crippen LogP contribution in [0.25, 0.3) is 11.3 Å². The molecule has 1 aromatic carbocycles. The molecule has 1 heterocycles. The van der Waals surface area contributed by atoms with Crippen LogP contribution in [-0.2, 0) is 0 Å². The van der Waals surface area contributed by atoms with Gasteiger partial charge in [-0.1, -0.05) is 74.0 Å². The van der Waals surface area contributed by atoms with Gasteiger partial charge in [0.15, 0.2) is 0 Å². The van der Waals surface area contributed by atoms with Crippen LogP contribution in [0.15, 0.2) is 36.4 Å². The molecule has 1 saturated carbocycles. The van der Waals surface area contributed by atoms with Crippen molar-refractivity contribution in [2.24, 2.45) is 0 Å². The Morgan fingerprint density at radius 1 is 0.857 bits per heavy atom. The molecule has 0 atom stereocenters. The summed E-state index contributed by atoms with van der Waals surface area (Å²) >= 11 is 6.24. The first kappa shape index (κ1) is 14.5. The molecule has 1 aliphatic rings. The second-order valence-electron chi connectivity index (χ2n) is 5.84. The summed E-state index contributed by atoms with van der Waals surface area (Å²) in [5.41, 5.74) is 2.04. The van der Waals surface area contributed by atoms with E-state index in [2.05, 4.69) is 17.1 Å². The lowest BCUT2D eigenvalue weighted by Crippen LogP contribution is -2.08. The molecule has 3 heteroatoms. The van der Waals surface area contributed by atoms with Gasteiger partial charge in [0.1, 0.15) is 11.0 Å². The minimum Gasteiger partial charge on any atom is -0.232 e. The number of hydrogen-bond acceptors (Lipinski definition) is 2. The number of nitrogens with zero attached hydrogens (tertiary/aromatic N) is 2. The Morgan fingerprint density at radius 2 is 1.52 bits per heavy atom. The minimum absolute atomic E-state index is 0.464. The van der Waals surface area contributed by atoms with Crippen LogP contribution in [0, 0.1) is 0 Å². The van der Waals surface area contributed by atoms with Crippen molar-refractivity contribution in [2.45, 2.75) is 50.9 Å². The largest absolute Gasteiger partial charge is 0.232 e. The zero-order chi connectivity index (χ0) is 14.5. The lowest BCUT2D eigenvalue weighted by atomic mass is 9.90. The van der Waals surface area contributed by atoms with Gasteiger partial charge in [0.2, 0.25) is 0 Å². The molecule has 0 unspecified atom stereocenters. The van der Waals surface area contributed by atoms with E-state index in [4.69, 9.17) is 16.6 Å². The summed E-state index contributed by atoms with van der Waals surface area (Å²) in [6.07, 6.45) is 8.98. The maximum atomic E-state index is 6.24. The Labute approximate surface area is 131 Å². The van der Waals surface area contributed by atoms with Crippen molar-refractivity contribution in [2.75, 3.05) is 0 Å². The van der Waals surface area contributed by atoms with Crippen LogP contribution in [0.4, 0.5) is 0 Å². The highest BCUT2D eigenvalue weighted by Crippen LogP contribution is 2.31. The summed E-state index contributed by atoms with van der Waals surface area (Å²) in [5, 5.41) is 0.556. The molecule has 2 aromatic rings. The zero-order valence-corrected chi connectivity index (χ0v) is 13.0. The van der Waals surface area contributed by atoms with Crippen molar-refractivity contribution in [3.05, 3.63) is 47.4 Å². The molecular formula is C18H21ClN2. The summed E-state index contributed by atoms with van der Waals surface area (Å²) in [7, 11) is 0. The lowest BCUT2D eigenvalue weighted by molar-refractivity contribution is 0.442. The lowest BCUT2D eigenvalue weighted by Gasteiger charge is -2.19. The second-order valence-corrected chi connectivity index (χ2v) is 6.23. The number of hydrogen-bond donors (Lipinski definition) is 0. The number of aromatic nitrogens is 2. The zero-order valence-electron chi connectivity index (χ0n) is 12.3. The fourth-order valence-electron chi connectivity index (χ4n) is 3.09. The molecule has 3 rings (SSSR count). The summed E-state index contributed by atoms with van der Waals surface area (Å²) in [4.78, 5) is 9.31. The number of benzene rings is 1. The van der Waals surface area contributed by atoms with Gasteiger partial charge in [-0.25, -0.2) is 9.97 Å². The van der Waals surface area contributed by atoms with E-state index in [1.54, 1.807) is 0 Å². The minimum atomic E-state index is 0.464. The fourth-order valence-corrected chi connectivity index (χ4v) is 3.28. The maximum absolute atomic E-state index is 6.24. The van der Waals surface area contributed by atoms with Gasteiger partial charge in [-0.05, 0) is 12.8 Å². The summed E-state index contributed by atoms with van der Waals surface area (Å²) in [6.45, 7) is 0. The van der Waals surface area contributed by atoms with Gasteiger partial charge in [0.25, 0.3) is 0 Å². The molecule has 1 aromatic heterocycles. The third-order valence-electron chi connectivity index (χ3n) is 4.25. The average Bonchev–Trinajstić information content (AvgIpc) is 2.47. The highest BCUT2D eigenvalue weighted by atomic mass is 35.5. The topological polar surface area (TPSA) is 25.8 Å². The van der Waals surface area contributed by atoms with Gasteiger partial charge in [0.05, 0.1) is 5.69 Å². The Hall–Kier alpha value is -1.41. The Kier molecular flexibility index (Phi) is 4.87. The van der Waals surface area contributed by atoms with Crippen molar-refractivity contribution in [3.8, 4) is 11.3 Å². The molecule has 0 amide bonds. The molecule has 0 radical (unpaired) electrons. The van der Waals surface area contributed by atoms with Gasteiger partial charge >= 0.3 is 0 Å². The first-order valence-corrected chi connectivity index (χ1v) is 8.30. The van der Waals surface area contributed by atoms with Gasteiger partial charge < -0.3 is 0 Å². The Bertz CT molecular complexity index is 575. The van der Waals surface area contributed by atoms with Crippen molar-refractivity contribution in [1.82, 2.24) is 9.97 Å². The number of halogens is 1. The smallest absolute Gasteiger partial charge is 0.133 e. The van der Waals surface area contributed by atoms with E-state index in [-0.39, 0.29) is 0 Å². The van der Waals surface area contributed by atoms with E-state index < -0.39 is 0 Å². The molecule has 0 N–H and O–H groups in total. The Balaban J connectivity index is 1.89. The van der Waals surface area contributed by atoms with E-state index in [0.29, 0.717) is 11.1 Å². The molecular weight excluding hydrogens is 280 g/mol. The van der Waals surface area contributed by atoms with Gasteiger partial charge in [-0.2, -0.15) is 0 Å². The van der Waals surface area contributed by atoms with E-state index in [1.165, 1.54) is 44.9 Å². The van der Waals surface area contributed by atoms with E-state index >= 15 is 0 Å². The molecule has 1 aliphatic carbocycles. The quantitative estimate of drug-likeness (QED) is 0.672. The first-order chi connectivity index (χ1) is 10.3. The van der Waals surface area contributed by atoms with E-state index in [1.807, 2.05) is 24.3 Å². The summed E-state index contributed by atoms with van der Waals surface area (Å²) in [5.74, 6) is 1.40. The molecule has 0 saturated heterocycles. The molecule has 1 fully saturated rings. The van der Waals surface area contributed by atoms with Crippen LogP contribution in [0.1, 0.15) is 56.7 Å². The predicted molar refractivity (Wildman–Crippen MR) is 87.5 cm³/mol. The molecule has 110 valence electrons. The molecule has 2 nitrogen and oxygen atoms in total. The first-order valence-electron chi connectivity index (χ1n) is 7.93. The average molecular weight is 301 g/mol. The van der Waals surface area contributed by atoms with Crippen molar-refractivity contribution < 1.29 is 0 Å². The Morgan fingerprint density at radius 3 is 2.24 bits per heavy atom. The molecule has 0 spiro atoms. The van der Waals surface area contributed by atoms with Crippen molar-refractivity contribution in [3.63, 3.8) is 0 Å². The SMILES string of the molecule is Clc1cc(-c2ccccc2)nc(C2CCCCCCC2)n1. The summed E-state index contributed by atoms with van der Waals surface area (Å²) in [6, 6.07) is 12.1. The van der Waals surface area contributed by atoms with Crippen LogP contribution >= 0.6 is 11.6 Å². The fraction of sp³-hybridized carbons (Fsp3) is 0.444. The highest BCUT2D eigenvalue weighted by Gasteiger charge is 2.18. The van der Waals surface area contributed by atoms with Crippen LogP contribution in [0.2, 0.25) is 5.15 Å². The second kappa shape index (κ2) is 7.04. The van der Waals surface area contributed by atoms with Crippen LogP contribution in [0.3, 0.4) is 0 Å². The summed E-state index contributed by atoms with van der Waals surface area (Å²) < 4.78 is 0. The van der Waals surface area contributed by atoms with Crippen molar-refractivity contribution >= 4 is 11.6 Å². The van der Waals surface area contributed by atoms with Crippen molar-refractivity contribution in [1.29, 1.82) is 0 Å². The van der Waals surface area contributed by atoms with Crippen LogP contribution in [-0.4, -0.2) is 9.97 Å². The molecule has 21 heavy (non-hydrogen) atoms. The predicted octanol–water partition coefficient (Wildman–Crippen LogP) is 5.62.